The summed E-state index contributed by atoms with van der Waals surface area (Å²) < 4.78 is 21.2. The van der Waals surface area contributed by atoms with Crippen molar-refractivity contribution >= 4 is 41.8 Å². The SMILES string of the molecule is CC(=O)Nc1c([N+](=O)[O-])cccc1[As](=O)(OO)OC(=O)c1ccccc1. The van der Waals surface area contributed by atoms with Gasteiger partial charge in [0.25, 0.3) is 0 Å². The molecule has 1 atom stereocenters. The minimum absolute atomic E-state index is 0.0256. The molecule has 0 bridgehead atoms. The molecule has 0 saturated heterocycles. The molecule has 0 aliphatic carbocycles. The molecule has 136 valence electrons. The average molecular weight is 424 g/mol. The molecule has 0 heterocycles. The van der Waals surface area contributed by atoms with Gasteiger partial charge in [0.15, 0.2) is 0 Å². The van der Waals surface area contributed by atoms with E-state index in [-0.39, 0.29) is 5.56 Å². The molecule has 0 aliphatic rings. The maximum atomic E-state index is 12.9. The van der Waals surface area contributed by atoms with Gasteiger partial charge in [0, 0.05) is 0 Å². The van der Waals surface area contributed by atoms with Crippen LogP contribution in [-0.4, -0.2) is 36.2 Å². The van der Waals surface area contributed by atoms with E-state index < -0.39 is 46.7 Å². The van der Waals surface area contributed by atoms with Crippen molar-refractivity contribution in [3.63, 3.8) is 0 Å². The van der Waals surface area contributed by atoms with Gasteiger partial charge in [0.1, 0.15) is 0 Å². The Balaban J connectivity index is 2.53. The fourth-order valence-electron chi connectivity index (χ4n) is 2.06. The van der Waals surface area contributed by atoms with Crippen molar-refractivity contribution in [2.75, 3.05) is 5.32 Å². The van der Waals surface area contributed by atoms with Crippen LogP contribution in [0.4, 0.5) is 11.4 Å². The molecule has 1 amide bonds. The monoisotopic (exact) mass is 424 g/mol. The Kier molecular flexibility index (Phi) is 5.93. The topological polar surface area (TPSA) is 145 Å². The predicted molar refractivity (Wildman–Crippen MR) is 89.0 cm³/mol. The molecule has 2 aromatic carbocycles. The van der Waals surface area contributed by atoms with Crippen LogP contribution < -0.4 is 9.67 Å². The van der Waals surface area contributed by atoms with Gasteiger partial charge in [-0.15, -0.1) is 0 Å². The Labute approximate surface area is 149 Å². The first-order valence-corrected chi connectivity index (χ1v) is 10.3. The number of para-hydroxylation sites is 1. The van der Waals surface area contributed by atoms with Crippen LogP contribution in [0.3, 0.4) is 0 Å². The third kappa shape index (κ3) is 4.17. The van der Waals surface area contributed by atoms with E-state index in [1.54, 1.807) is 6.07 Å². The molecule has 2 aromatic rings. The number of nitro groups is 1. The van der Waals surface area contributed by atoms with Crippen LogP contribution in [-0.2, 0) is 16.1 Å². The second-order valence-corrected chi connectivity index (χ2v) is 8.76. The molecular formula is C15H13AsN2O8. The molecule has 0 saturated carbocycles. The van der Waals surface area contributed by atoms with Crippen LogP contribution in [0.1, 0.15) is 17.3 Å². The zero-order chi connectivity index (χ0) is 19.3. The van der Waals surface area contributed by atoms with Crippen molar-refractivity contribution in [1.29, 1.82) is 0 Å². The first-order valence-electron chi connectivity index (χ1n) is 7.06. The molecule has 26 heavy (non-hydrogen) atoms. The normalized spacial score (nSPS) is 12.7. The molecule has 0 fully saturated rings. The van der Waals surface area contributed by atoms with E-state index in [4.69, 9.17) is 8.98 Å². The van der Waals surface area contributed by atoms with Crippen molar-refractivity contribution in [2.45, 2.75) is 6.92 Å². The zero-order valence-corrected chi connectivity index (χ0v) is 15.2. The van der Waals surface area contributed by atoms with Crippen LogP contribution in [0.15, 0.2) is 48.5 Å². The van der Waals surface area contributed by atoms with Crippen LogP contribution in [0.2, 0.25) is 0 Å². The van der Waals surface area contributed by atoms with E-state index in [2.05, 4.69) is 9.19 Å². The van der Waals surface area contributed by atoms with Gasteiger partial charge in [-0.2, -0.15) is 0 Å². The summed E-state index contributed by atoms with van der Waals surface area (Å²) in [6.45, 7) is 1.08. The molecule has 0 spiro atoms. The molecule has 10 nitrogen and oxygen atoms in total. The van der Waals surface area contributed by atoms with Crippen molar-refractivity contribution in [3.8, 4) is 0 Å². The van der Waals surface area contributed by atoms with Crippen molar-refractivity contribution < 1.29 is 31.1 Å². The maximum absolute atomic E-state index is 12.9. The van der Waals surface area contributed by atoms with E-state index in [0.29, 0.717) is 0 Å². The summed E-state index contributed by atoms with van der Waals surface area (Å²) in [6.07, 6.45) is 0. The minimum atomic E-state index is -5.51. The number of carbonyl (C=O) groups is 2. The molecular weight excluding hydrogens is 411 g/mol. The third-order valence-corrected chi connectivity index (χ3v) is 6.46. The summed E-state index contributed by atoms with van der Waals surface area (Å²) in [5.41, 5.74) is -1.06. The Bertz CT molecular complexity index is 900. The third-order valence-electron chi connectivity index (χ3n) is 3.13. The number of hydrogen-bond acceptors (Lipinski definition) is 8. The Morgan fingerprint density at radius 1 is 1.15 bits per heavy atom. The summed E-state index contributed by atoms with van der Waals surface area (Å²) in [4.78, 5) is 33.9. The van der Waals surface area contributed by atoms with Gasteiger partial charge in [-0.05, 0) is 0 Å². The second kappa shape index (κ2) is 7.96. The van der Waals surface area contributed by atoms with Crippen LogP contribution in [0, 0.1) is 10.1 Å². The van der Waals surface area contributed by atoms with Crippen LogP contribution in [0.25, 0.3) is 0 Å². The standard InChI is InChI=1S/C15H13AsN2O8/c1-10(19)17-14-12(8-5-9-13(14)18(22)23)16(21,26-24)25-15(20)11-6-3-2-4-7-11/h2-9,24H,1H3,(H,17,19). The van der Waals surface area contributed by atoms with E-state index in [1.165, 1.54) is 24.3 Å². The van der Waals surface area contributed by atoms with Crippen molar-refractivity contribution in [3.05, 3.63) is 64.2 Å². The van der Waals surface area contributed by atoms with E-state index in [1.807, 2.05) is 0 Å². The van der Waals surface area contributed by atoms with Crippen LogP contribution >= 0.6 is 0 Å². The van der Waals surface area contributed by atoms with Gasteiger partial charge < -0.3 is 0 Å². The number of nitro benzene ring substituents is 1. The molecule has 0 radical (unpaired) electrons. The van der Waals surface area contributed by atoms with Gasteiger partial charge in [-0.1, -0.05) is 0 Å². The van der Waals surface area contributed by atoms with Gasteiger partial charge in [-0.3, -0.25) is 0 Å². The van der Waals surface area contributed by atoms with Crippen molar-refractivity contribution in [1.82, 2.24) is 0 Å². The Hall–Kier alpha value is -2.94. The summed E-state index contributed by atoms with van der Waals surface area (Å²) in [6, 6.07) is 10.7. The van der Waals surface area contributed by atoms with E-state index in [9.17, 15) is 23.4 Å². The molecule has 0 aromatic heterocycles. The fourth-order valence-corrected chi connectivity index (χ4v) is 4.69. The Morgan fingerprint density at radius 3 is 2.35 bits per heavy atom. The summed E-state index contributed by atoms with van der Waals surface area (Å²) in [5, 5.41) is 22.5. The van der Waals surface area contributed by atoms with Crippen LogP contribution in [0.5, 0.6) is 0 Å². The van der Waals surface area contributed by atoms with E-state index in [0.717, 1.165) is 25.1 Å². The van der Waals surface area contributed by atoms with Crippen molar-refractivity contribution in [2.24, 2.45) is 0 Å². The summed E-state index contributed by atoms with van der Waals surface area (Å²) >= 11 is -5.51. The molecule has 1 unspecified atom stereocenters. The first-order chi connectivity index (χ1) is 12.3. The number of benzene rings is 2. The number of rotatable bonds is 6. The number of nitrogens with zero attached hydrogens (tertiary/aromatic N) is 1. The van der Waals surface area contributed by atoms with Gasteiger partial charge >= 0.3 is 149 Å². The van der Waals surface area contributed by atoms with Gasteiger partial charge in [0.2, 0.25) is 0 Å². The number of nitrogens with one attached hydrogen (secondary N) is 1. The summed E-state index contributed by atoms with van der Waals surface area (Å²) in [7, 11) is 0. The zero-order valence-electron chi connectivity index (χ0n) is 13.3. The molecule has 2 N–H and O–H groups in total. The molecule has 2 rings (SSSR count). The summed E-state index contributed by atoms with van der Waals surface area (Å²) in [5.74, 6) is -1.77. The predicted octanol–water partition coefficient (Wildman–Crippen LogP) is 1.48. The van der Waals surface area contributed by atoms with Gasteiger partial charge in [0.05, 0.1) is 0 Å². The number of carbonyl (C=O) groups excluding carboxylic acids is 2. The molecule has 0 aliphatic heterocycles. The quantitative estimate of drug-likeness (QED) is 0.307. The molecule has 11 heteroatoms. The number of hydrogen-bond donors (Lipinski definition) is 2. The van der Waals surface area contributed by atoms with E-state index >= 15 is 0 Å². The first kappa shape index (κ1) is 19.4. The van der Waals surface area contributed by atoms with Gasteiger partial charge in [-0.25, -0.2) is 0 Å². The fraction of sp³-hybridized carbons (Fsp3) is 0.0667. The second-order valence-electron chi connectivity index (χ2n) is 4.93. The average Bonchev–Trinajstić information content (AvgIpc) is 2.61. The Morgan fingerprint density at radius 2 is 1.81 bits per heavy atom. The number of amides is 1. The number of anilines is 1.